The van der Waals surface area contributed by atoms with E-state index in [0.717, 1.165) is 35.7 Å². The van der Waals surface area contributed by atoms with E-state index in [9.17, 15) is 4.79 Å². The van der Waals surface area contributed by atoms with E-state index in [2.05, 4.69) is 20.3 Å². The molecule has 30 heavy (non-hydrogen) atoms. The van der Waals surface area contributed by atoms with Gasteiger partial charge in [-0.1, -0.05) is 35.5 Å². The number of nitrogens with one attached hydrogen (secondary N) is 1. The van der Waals surface area contributed by atoms with Gasteiger partial charge in [-0.15, -0.1) is 0 Å². The van der Waals surface area contributed by atoms with Gasteiger partial charge >= 0.3 is 0 Å². The molecule has 1 aliphatic heterocycles. The molecular formula is C22H21N5O3. The lowest BCUT2D eigenvalue weighted by Crippen LogP contribution is -2.41. The fraction of sp³-hybridized carbons (Fsp3) is 0.273. The number of H-pyrrole nitrogens is 1. The van der Waals surface area contributed by atoms with Gasteiger partial charge in [-0.25, -0.2) is 0 Å². The lowest BCUT2D eigenvalue weighted by Gasteiger charge is -2.33. The molecule has 0 radical (unpaired) electrons. The average molecular weight is 403 g/mol. The molecule has 3 heterocycles. The second-order valence-corrected chi connectivity index (χ2v) is 7.33. The summed E-state index contributed by atoms with van der Waals surface area (Å²) in [6, 6.07) is 14.9. The molecule has 0 unspecified atom stereocenters. The van der Waals surface area contributed by atoms with Crippen LogP contribution >= 0.6 is 0 Å². The van der Waals surface area contributed by atoms with Gasteiger partial charge in [0.1, 0.15) is 11.8 Å². The molecular weight excluding hydrogens is 382 g/mol. The van der Waals surface area contributed by atoms with Gasteiger partial charge < -0.3 is 14.2 Å². The molecule has 8 heteroatoms. The number of hydrogen-bond acceptors (Lipinski definition) is 6. The summed E-state index contributed by atoms with van der Waals surface area (Å²) in [5.41, 5.74) is 1.74. The quantitative estimate of drug-likeness (QED) is 0.545. The second-order valence-electron chi connectivity index (χ2n) is 7.33. The van der Waals surface area contributed by atoms with Crippen LogP contribution in [0.4, 0.5) is 0 Å². The maximum absolute atomic E-state index is 12.8. The van der Waals surface area contributed by atoms with Crippen LogP contribution in [-0.2, 0) is 4.79 Å². The summed E-state index contributed by atoms with van der Waals surface area (Å²) in [5.74, 6) is 1.55. The van der Waals surface area contributed by atoms with Crippen LogP contribution in [0.2, 0.25) is 0 Å². The first-order chi connectivity index (χ1) is 14.8. The molecule has 0 aliphatic carbocycles. The summed E-state index contributed by atoms with van der Waals surface area (Å²) in [7, 11) is 0. The largest absolute Gasteiger partial charge is 0.484 e. The minimum atomic E-state index is -0.234. The molecule has 0 saturated carbocycles. The summed E-state index contributed by atoms with van der Waals surface area (Å²) < 4.78 is 11.2. The van der Waals surface area contributed by atoms with E-state index in [1.165, 1.54) is 0 Å². The normalized spacial score (nSPS) is 16.7. The molecule has 0 bridgehead atoms. The van der Waals surface area contributed by atoms with Crippen LogP contribution < -0.4 is 4.74 Å². The van der Waals surface area contributed by atoms with Crippen LogP contribution in [0, 0.1) is 0 Å². The monoisotopic (exact) mass is 403 g/mol. The number of fused-ring (bicyclic) bond motifs is 1. The van der Waals surface area contributed by atoms with E-state index in [-0.39, 0.29) is 18.6 Å². The zero-order valence-corrected chi connectivity index (χ0v) is 16.3. The lowest BCUT2D eigenvalue weighted by molar-refractivity contribution is -0.138. The lowest BCUT2D eigenvalue weighted by atomic mass is 10.0. The van der Waals surface area contributed by atoms with Crippen LogP contribution in [-0.4, -0.2) is 44.3 Å². The van der Waals surface area contributed by atoms with Crippen LogP contribution in [0.3, 0.4) is 0 Å². The first-order valence-electron chi connectivity index (χ1n) is 10.0. The van der Waals surface area contributed by atoms with Gasteiger partial charge in [0.15, 0.2) is 6.61 Å². The number of aromatic amines is 1. The van der Waals surface area contributed by atoms with Crippen molar-refractivity contribution in [2.24, 2.45) is 0 Å². The third-order valence-electron chi connectivity index (χ3n) is 5.36. The molecule has 0 spiro atoms. The number of aromatic nitrogens is 4. The Morgan fingerprint density at radius 2 is 2.10 bits per heavy atom. The van der Waals surface area contributed by atoms with E-state index in [1.54, 1.807) is 11.1 Å². The van der Waals surface area contributed by atoms with Gasteiger partial charge in [0.25, 0.3) is 5.91 Å². The Morgan fingerprint density at radius 3 is 3.00 bits per heavy atom. The van der Waals surface area contributed by atoms with Crippen molar-refractivity contribution < 1.29 is 14.1 Å². The van der Waals surface area contributed by atoms with Crippen molar-refractivity contribution >= 4 is 16.8 Å². The Labute approximate surface area is 172 Å². The van der Waals surface area contributed by atoms with Crippen molar-refractivity contribution in [1.82, 2.24) is 25.2 Å². The smallest absolute Gasteiger partial charge is 0.261 e. The summed E-state index contributed by atoms with van der Waals surface area (Å²) >= 11 is 0. The highest BCUT2D eigenvalue weighted by atomic mass is 16.5. The molecule has 1 amide bonds. The third kappa shape index (κ3) is 3.63. The third-order valence-corrected chi connectivity index (χ3v) is 5.36. The molecule has 4 aromatic rings. The van der Waals surface area contributed by atoms with E-state index in [1.807, 2.05) is 48.5 Å². The fourth-order valence-electron chi connectivity index (χ4n) is 3.80. The second kappa shape index (κ2) is 7.98. The molecule has 1 atom stereocenters. The number of para-hydroxylation sites is 1. The Morgan fingerprint density at radius 1 is 1.20 bits per heavy atom. The maximum atomic E-state index is 12.8. The van der Waals surface area contributed by atoms with Crippen molar-refractivity contribution in [2.45, 2.75) is 25.3 Å². The number of piperidine rings is 1. The van der Waals surface area contributed by atoms with E-state index < -0.39 is 0 Å². The first-order valence-corrected chi connectivity index (χ1v) is 10.0. The zero-order valence-electron chi connectivity index (χ0n) is 16.3. The predicted octanol–water partition coefficient (Wildman–Crippen LogP) is 3.75. The molecule has 2 aromatic heterocycles. The van der Waals surface area contributed by atoms with Crippen LogP contribution in [0.25, 0.3) is 22.3 Å². The highest BCUT2D eigenvalue weighted by molar-refractivity contribution is 5.82. The number of benzene rings is 2. The van der Waals surface area contributed by atoms with Gasteiger partial charge in [-0.3, -0.25) is 9.89 Å². The molecule has 5 rings (SSSR count). The Kier molecular flexibility index (Phi) is 4.88. The van der Waals surface area contributed by atoms with Crippen LogP contribution in [0.1, 0.15) is 31.2 Å². The maximum Gasteiger partial charge on any atom is 0.261 e. The minimum Gasteiger partial charge on any atom is -0.484 e. The molecule has 8 nitrogen and oxygen atoms in total. The molecule has 2 aromatic carbocycles. The van der Waals surface area contributed by atoms with Gasteiger partial charge in [-0.2, -0.15) is 10.1 Å². The predicted molar refractivity (Wildman–Crippen MR) is 110 cm³/mol. The Bertz CT molecular complexity index is 1150. The summed E-state index contributed by atoms with van der Waals surface area (Å²) in [6.45, 7) is 0.636. The number of rotatable bonds is 5. The number of nitrogens with zero attached hydrogens (tertiary/aromatic N) is 4. The number of carbonyl (C=O) groups is 1. The van der Waals surface area contributed by atoms with E-state index in [0.29, 0.717) is 24.0 Å². The molecule has 1 fully saturated rings. The average Bonchev–Trinajstić information content (AvgIpc) is 3.47. The highest BCUT2D eigenvalue weighted by Crippen LogP contribution is 2.31. The number of ether oxygens (including phenoxy) is 1. The van der Waals surface area contributed by atoms with Crippen LogP contribution in [0.5, 0.6) is 5.75 Å². The van der Waals surface area contributed by atoms with E-state index >= 15 is 0 Å². The number of likely N-dealkylation sites (tertiary alicyclic amines) is 1. The minimum absolute atomic E-state index is 0.0159. The van der Waals surface area contributed by atoms with Crippen molar-refractivity contribution in [2.75, 3.05) is 13.2 Å². The van der Waals surface area contributed by atoms with Gasteiger partial charge in [0, 0.05) is 17.5 Å². The van der Waals surface area contributed by atoms with Gasteiger partial charge in [0.05, 0.1) is 11.7 Å². The molecule has 152 valence electrons. The fourth-order valence-corrected chi connectivity index (χ4v) is 3.80. The zero-order chi connectivity index (χ0) is 20.3. The number of amides is 1. The molecule has 1 aliphatic rings. The highest BCUT2D eigenvalue weighted by Gasteiger charge is 2.32. The topological polar surface area (TPSA) is 97.1 Å². The van der Waals surface area contributed by atoms with Crippen molar-refractivity contribution in [1.29, 1.82) is 0 Å². The van der Waals surface area contributed by atoms with Gasteiger partial charge in [-0.05, 0) is 37.5 Å². The van der Waals surface area contributed by atoms with Crippen molar-refractivity contribution in [3.05, 3.63) is 60.6 Å². The number of carbonyl (C=O) groups excluding carboxylic acids is 1. The number of hydrogen-bond donors (Lipinski definition) is 1. The standard InChI is InChI=1S/C22H21N5O3/c28-20(14-29-17-6-2-1-3-7-17)27-11-5-4-8-19(27)22-24-21(26-30-22)15-9-10-16-13-23-25-18(16)12-15/h1-3,6-7,9-10,12-13,19H,4-5,8,11,14H2,(H,23,25)/t19-/m1/s1. The Balaban J connectivity index is 1.33. The summed E-state index contributed by atoms with van der Waals surface area (Å²) in [6.07, 6.45) is 4.51. The van der Waals surface area contributed by atoms with Crippen molar-refractivity contribution in [3.63, 3.8) is 0 Å². The SMILES string of the molecule is O=C(COc1ccccc1)N1CCCC[C@@H]1c1nc(-c2ccc3cn[nH]c3c2)no1. The molecule has 1 N–H and O–H groups in total. The first kappa shape index (κ1) is 18.4. The van der Waals surface area contributed by atoms with Crippen LogP contribution in [0.15, 0.2) is 59.3 Å². The summed E-state index contributed by atoms with van der Waals surface area (Å²) in [4.78, 5) is 19.2. The van der Waals surface area contributed by atoms with Gasteiger partial charge in [0.2, 0.25) is 11.7 Å². The Hall–Kier alpha value is -3.68. The molecule has 1 saturated heterocycles. The van der Waals surface area contributed by atoms with E-state index in [4.69, 9.17) is 9.26 Å². The summed E-state index contributed by atoms with van der Waals surface area (Å²) in [5, 5.41) is 12.2. The van der Waals surface area contributed by atoms with Crippen molar-refractivity contribution in [3.8, 4) is 17.1 Å².